The topological polar surface area (TPSA) is 66.9 Å². The summed E-state index contributed by atoms with van der Waals surface area (Å²) in [4.78, 5) is 21.6. The van der Waals surface area contributed by atoms with Gasteiger partial charge in [0.15, 0.2) is 18.1 Å². The largest absolute Gasteiger partial charge is 0.483 e. The molecule has 0 aliphatic carbocycles. The number of ether oxygens (including phenoxy) is 2. The van der Waals surface area contributed by atoms with Crippen LogP contribution < -0.4 is 19.7 Å². The predicted molar refractivity (Wildman–Crippen MR) is 121 cm³/mol. The minimum absolute atomic E-state index is 0.0482. The van der Waals surface area contributed by atoms with E-state index in [1.165, 1.54) is 0 Å². The highest BCUT2D eigenvalue weighted by Gasteiger charge is 2.32. The van der Waals surface area contributed by atoms with Crippen LogP contribution in [0, 0.1) is 0 Å². The monoisotopic (exact) mass is 424 g/mol. The van der Waals surface area contributed by atoms with Crippen LogP contribution in [0.1, 0.15) is 31.9 Å². The molecule has 1 saturated heterocycles. The number of amides is 1. The third kappa shape index (κ3) is 5.28. The normalized spacial score (nSPS) is 17.7. The highest BCUT2D eigenvalue weighted by atomic mass is 16.5. The highest BCUT2D eigenvalue weighted by Crippen LogP contribution is 2.41. The number of anilines is 1. The van der Waals surface area contributed by atoms with Crippen LogP contribution in [-0.2, 0) is 17.8 Å². The fraction of sp³-hybridized carbons (Fsp3) is 0.500. The smallest absolute Gasteiger partial charge is 0.258 e. The van der Waals surface area contributed by atoms with Gasteiger partial charge in [-0.15, -0.1) is 0 Å². The summed E-state index contributed by atoms with van der Waals surface area (Å²) in [5, 5.41) is 2.90. The Kier molecular flexibility index (Phi) is 6.32. The Balaban J connectivity index is 1.24. The van der Waals surface area contributed by atoms with E-state index in [9.17, 15) is 4.79 Å². The molecule has 0 spiro atoms. The van der Waals surface area contributed by atoms with E-state index in [2.05, 4.69) is 27.0 Å². The van der Waals surface area contributed by atoms with Crippen LogP contribution in [0.25, 0.3) is 0 Å². The number of hydrogen-bond donors (Lipinski definition) is 1. The first kappa shape index (κ1) is 21.4. The Labute approximate surface area is 184 Å². The lowest BCUT2D eigenvalue weighted by molar-refractivity contribution is -0.123. The molecule has 166 valence electrons. The molecule has 0 bridgehead atoms. The number of nitrogens with zero attached hydrogens (tertiary/aromatic N) is 3. The van der Waals surface area contributed by atoms with Crippen LogP contribution in [0.3, 0.4) is 0 Å². The number of nitrogens with one attached hydrogen (secondary N) is 1. The minimum atomic E-state index is -0.243. The molecule has 0 unspecified atom stereocenters. The predicted octanol–water partition coefficient (Wildman–Crippen LogP) is 2.63. The van der Waals surface area contributed by atoms with Crippen molar-refractivity contribution in [3.05, 3.63) is 47.7 Å². The van der Waals surface area contributed by atoms with Gasteiger partial charge in [0.05, 0.1) is 0 Å². The number of carbonyl (C=O) groups is 1. The second-order valence-corrected chi connectivity index (χ2v) is 8.79. The standard InChI is InChI=1S/C24H32N4O3/c1-4-27-10-12-28(13-11-27)21-9-8-18(15-25-21)16-26-22(29)17-30-20-7-5-6-19-14-24(2,3)31-23(19)20/h5-9,15H,4,10-14,16-17H2,1-3H3,(H,26,29). The zero-order valence-corrected chi connectivity index (χ0v) is 18.7. The molecule has 1 aromatic carbocycles. The van der Waals surface area contributed by atoms with E-state index >= 15 is 0 Å². The molecule has 1 N–H and O–H groups in total. The van der Waals surface area contributed by atoms with Gasteiger partial charge < -0.3 is 24.6 Å². The van der Waals surface area contributed by atoms with Crippen molar-refractivity contribution in [1.82, 2.24) is 15.2 Å². The molecule has 2 aromatic rings. The average Bonchev–Trinajstić information content (AvgIpc) is 3.11. The molecular weight excluding hydrogens is 392 g/mol. The van der Waals surface area contributed by atoms with Crippen molar-refractivity contribution in [2.24, 2.45) is 0 Å². The molecule has 1 fully saturated rings. The van der Waals surface area contributed by atoms with Gasteiger partial charge in [0.1, 0.15) is 11.4 Å². The van der Waals surface area contributed by atoms with Crippen LogP contribution in [-0.4, -0.2) is 60.7 Å². The summed E-state index contributed by atoms with van der Waals surface area (Å²) in [7, 11) is 0. The van der Waals surface area contributed by atoms with Crippen molar-refractivity contribution in [3.63, 3.8) is 0 Å². The summed E-state index contributed by atoms with van der Waals surface area (Å²) in [6.07, 6.45) is 2.67. The van der Waals surface area contributed by atoms with Gasteiger partial charge in [-0.3, -0.25) is 4.79 Å². The SMILES string of the molecule is CCN1CCN(c2ccc(CNC(=O)COc3cccc4c3OC(C)(C)C4)cn2)CC1. The number of piperazine rings is 1. The highest BCUT2D eigenvalue weighted by molar-refractivity contribution is 5.77. The van der Waals surface area contributed by atoms with E-state index in [1.807, 2.05) is 50.4 Å². The first-order chi connectivity index (χ1) is 14.9. The van der Waals surface area contributed by atoms with Gasteiger partial charge in [-0.1, -0.05) is 25.1 Å². The number of para-hydroxylation sites is 1. The van der Waals surface area contributed by atoms with E-state index in [1.54, 1.807) is 0 Å². The lowest BCUT2D eigenvalue weighted by Gasteiger charge is -2.34. The quantitative estimate of drug-likeness (QED) is 0.737. The maximum absolute atomic E-state index is 12.3. The lowest BCUT2D eigenvalue weighted by Crippen LogP contribution is -2.46. The first-order valence-electron chi connectivity index (χ1n) is 11.1. The number of aromatic nitrogens is 1. The summed E-state index contributed by atoms with van der Waals surface area (Å²) < 4.78 is 11.7. The van der Waals surface area contributed by atoms with Crippen LogP contribution in [0.2, 0.25) is 0 Å². The Hall–Kier alpha value is -2.80. The van der Waals surface area contributed by atoms with Gasteiger partial charge >= 0.3 is 0 Å². The maximum atomic E-state index is 12.3. The zero-order chi connectivity index (χ0) is 21.8. The molecule has 7 heteroatoms. The molecule has 2 aliphatic rings. The minimum Gasteiger partial charge on any atom is -0.483 e. The third-order valence-electron chi connectivity index (χ3n) is 5.86. The Morgan fingerprint density at radius 3 is 2.71 bits per heavy atom. The molecular formula is C24H32N4O3. The van der Waals surface area contributed by atoms with E-state index < -0.39 is 0 Å². The van der Waals surface area contributed by atoms with Gasteiger partial charge in [-0.2, -0.15) is 0 Å². The molecule has 1 amide bonds. The summed E-state index contributed by atoms with van der Waals surface area (Å²) >= 11 is 0. The number of pyridine rings is 1. The van der Waals surface area contributed by atoms with Crippen molar-refractivity contribution < 1.29 is 14.3 Å². The number of likely N-dealkylation sites (N-methyl/N-ethyl adjacent to an activating group) is 1. The molecule has 4 rings (SSSR count). The summed E-state index contributed by atoms with van der Waals surface area (Å²) in [5.74, 6) is 2.19. The van der Waals surface area contributed by atoms with Gasteiger partial charge in [0, 0.05) is 50.9 Å². The van der Waals surface area contributed by atoms with Crippen molar-refractivity contribution >= 4 is 11.7 Å². The van der Waals surface area contributed by atoms with Crippen LogP contribution in [0.4, 0.5) is 5.82 Å². The molecule has 3 heterocycles. The van der Waals surface area contributed by atoms with Crippen molar-refractivity contribution in [2.45, 2.75) is 39.3 Å². The maximum Gasteiger partial charge on any atom is 0.258 e. The molecule has 7 nitrogen and oxygen atoms in total. The van der Waals surface area contributed by atoms with E-state index in [-0.39, 0.29) is 18.1 Å². The number of hydrogen-bond acceptors (Lipinski definition) is 6. The van der Waals surface area contributed by atoms with Gasteiger partial charge in [0.25, 0.3) is 5.91 Å². The van der Waals surface area contributed by atoms with Crippen LogP contribution in [0.15, 0.2) is 36.5 Å². The Bertz CT molecular complexity index is 906. The zero-order valence-electron chi connectivity index (χ0n) is 18.7. The van der Waals surface area contributed by atoms with Crippen molar-refractivity contribution in [1.29, 1.82) is 0 Å². The van der Waals surface area contributed by atoms with Gasteiger partial charge in [0.2, 0.25) is 0 Å². The Morgan fingerprint density at radius 2 is 2.00 bits per heavy atom. The van der Waals surface area contributed by atoms with E-state index in [4.69, 9.17) is 9.47 Å². The number of benzene rings is 1. The van der Waals surface area contributed by atoms with E-state index in [0.29, 0.717) is 12.3 Å². The number of carbonyl (C=O) groups excluding carboxylic acids is 1. The summed E-state index contributed by atoms with van der Waals surface area (Å²) in [5.41, 5.74) is 1.84. The van der Waals surface area contributed by atoms with Crippen LogP contribution >= 0.6 is 0 Å². The van der Waals surface area contributed by atoms with Crippen LogP contribution in [0.5, 0.6) is 11.5 Å². The molecule has 2 aliphatic heterocycles. The fourth-order valence-electron chi connectivity index (χ4n) is 4.10. The first-order valence-corrected chi connectivity index (χ1v) is 11.1. The Morgan fingerprint density at radius 1 is 1.19 bits per heavy atom. The lowest BCUT2D eigenvalue weighted by atomic mass is 10.0. The molecule has 1 aromatic heterocycles. The molecule has 0 saturated carbocycles. The fourth-order valence-corrected chi connectivity index (χ4v) is 4.10. The van der Waals surface area contributed by atoms with Gasteiger partial charge in [-0.25, -0.2) is 4.98 Å². The second-order valence-electron chi connectivity index (χ2n) is 8.79. The summed E-state index contributed by atoms with van der Waals surface area (Å²) in [6.45, 7) is 11.9. The number of fused-ring (bicyclic) bond motifs is 1. The summed E-state index contributed by atoms with van der Waals surface area (Å²) in [6, 6.07) is 9.88. The molecule has 0 atom stereocenters. The number of rotatable bonds is 7. The van der Waals surface area contributed by atoms with E-state index in [0.717, 1.165) is 61.8 Å². The van der Waals surface area contributed by atoms with Gasteiger partial charge in [-0.05, 0) is 38.1 Å². The van der Waals surface area contributed by atoms with Crippen molar-refractivity contribution in [2.75, 3.05) is 44.2 Å². The van der Waals surface area contributed by atoms with Crippen molar-refractivity contribution in [3.8, 4) is 11.5 Å². The second kappa shape index (κ2) is 9.14. The molecule has 31 heavy (non-hydrogen) atoms. The molecule has 0 radical (unpaired) electrons. The average molecular weight is 425 g/mol. The third-order valence-corrected chi connectivity index (χ3v) is 5.86.